The van der Waals surface area contributed by atoms with Crippen molar-refractivity contribution >= 4 is 5.91 Å². The highest BCUT2D eigenvalue weighted by molar-refractivity contribution is 5.99. The Balaban J connectivity index is 1.58. The first-order valence-electron chi connectivity index (χ1n) is 10.3. The van der Waals surface area contributed by atoms with Crippen LogP contribution in [0.4, 0.5) is 0 Å². The number of nitrogens with one attached hydrogen (secondary N) is 1. The van der Waals surface area contributed by atoms with E-state index < -0.39 is 0 Å². The molecular formula is C26H25N3O2. The summed E-state index contributed by atoms with van der Waals surface area (Å²) in [6, 6.07) is 27.8. The van der Waals surface area contributed by atoms with E-state index in [-0.39, 0.29) is 5.91 Å². The molecule has 1 N–H and O–H groups in total. The van der Waals surface area contributed by atoms with Crippen molar-refractivity contribution in [1.29, 1.82) is 0 Å². The minimum Gasteiger partial charge on any atom is -0.497 e. The number of benzene rings is 3. The molecule has 31 heavy (non-hydrogen) atoms. The standard InChI is InChI=1S/C26H25N3O2/c1-31-23-14-8-13-22(17-23)25-24(19-29(28-25)18-21-11-6-3-7-12-21)26(30)27-16-15-20-9-4-2-5-10-20/h2-14,17,19H,15-16,18H2,1H3,(H,27,30). The number of hydrogen-bond donors (Lipinski definition) is 1. The molecule has 0 unspecified atom stereocenters. The molecule has 1 amide bonds. The fraction of sp³-hybridized carbons (Fsp3) is 0.154. The highest BCUT2D eigenvalue weighted by Gasteiger charge is 2.18. The highest BCUT2D eigenvalue weighted by Crippen LogP contribution is 2.26. The van der Waals surface area contributed by atoms with Gasteiger partial charge in [-0.1, -0.05) is 72.8 Å². The molecule has 4 rings (SSSR count). The third-order valence-electron chi connectivity index (χ3n) is 5.08. The molecule has 4 aromatic rings. The third-order valence-corrected chi connectivity index (χ3v) is 5.08. The SMILES string of the molecule is COc1cccc(-c2nn(Cc3ccccc3)cc2C(=O)NCCc2ccccc2)c1. The molecule has 0 aliphatic rings. The second-order valence-electron chi connectivity index (χ2n) is 7.30. The number of carbonyl (C=O) groups excluding carboxylic acids is 1. The van der Waals surface area contributed by atoms with Crippen molar-refractivity contribution < 1.29 is 9.53 Å². The molecule has 0 saturated heterocycles. The van der Waals surface area contributed by atoms with E-state index in [0.717, 1.165) is 23.3 Å². The van der Waals surface area contributed by atoms with E-state index in [0.29, 0.717) is 24.3 Å². The van der Waals surface area contributed by atoms with Gasteiger partial charge in [0.1, 0.15) is 11.4 Å². The maximum absolute atomic E-state index is 13.1. The second-order valence-corrected chi connectivity index (χ2v) is 7.30. The van der Waals surface area contributed by atoms with E-state index in [2.05, 4.69) is 17.4 Å². The fourth-order valence-electron chi connectivity index (χ4n) is 3.48. The highest BCUT2D eigenvalue weighted by atomic mass is 16.5. The molecule has 0 aliphatic heterocycles. The Bertz CT molecular complexity index is 1140. The summed E-state index contributed by atoms with van der Waals surface area (Å²) in [5, 5.41) is 7.78. The molecule has 1 heterocycles. The second kappa shape index (κ2) is 9.76. The van der Waals surface area contributed by atoms with Crippen molar-refractivity contribution in [2.24, 2.45) is 0 Å². The van der Waals surface area contributed by atoms with Crippen LogP contribution in [0.25, 0.3) is 11.3 Å². The quantitative estimate of drug-likeness (QED) is 0.462. The van der Waals surface area contributed by atoms with E-state index in [9.17, 15) is 4.79 Å². The number of aromatic nitrogens is 2. The number of ether oxygens (including phenoxy) is 1. The van der Waals surface area contributed by atoms with Gasteiger partial charge in [0, 0.05) is 18.3 Å². The molecule has 0 aliphatic carbocycles. The van der Waals surface area contributed by atoms with Gasteiger partial charge in [0.05, 0.1) is 19.2 Å². The third kappa shape index (κ3) is 5.20. The van der Waals surface area contributed by atoms with Crippen molar-refractivity contribution in [3.8, 4) is 17.0 Å². The lowest BCUT2D eigenvalue weighted by Crippen LogP contribution is -2.25. The van der Waals surface area contributed by atoms with Crippen LogP contribution >= 0.6 is 0 Å². The average Bonchev–Trinajstić information content (AvgIpc) is 3.24. The van der Waals surface area contributed by atoms with Crippen LogP contribution in [0.5, 0.6) is 5.75 Å². The number of methoxy groups -OCH3 is 1. The Labute approximate surface area is 182 Å². The molecule has 0 atom stereocenters. The van der Waals surface area contributed by atoms with Crippen LogP contribution in [0.3, 0.4) is 0 Å². The van der Waals surface area contributed by atoms with Gasteiger partial charge in [-0.25, -0.2) is 0 Å². The van der Waals surface area contributed by atoms with E-state index in [1.54, 1.807) is 7.11 Å². The summed E-state index contributed by atoms with van der Waals surface area (Å²) in [7, 11) is 1.63. The Kier molecular flexibility index (Phi) is 6.43. The fourth-order valence-corrected chi connectivity index (χ4v) is 3.48. The van der Waals surface area contributed by atoms with Crippen LogP contribution in [0.2, 0.25) is 0 Å². The molecule has 0 spiro atoms. The number of nitrogens with zero attached hydrogens (tertiary/aromatic N) is 2. The molecule has 156 valence electrons. The molecule has 1 aromatic heterocycles. The summed E-state index contributed by atoms with van der Waals surface area (Å²) in [5.41, 5.74) is 4.36. The minimum absolute atomic E-state index is 0.131. The van der Waals surface area contributed by atoms with Crippen molar-refractivity contribution in [2.75, 3.05) is 13.7 Å². The van der Waals surface area contributed by atoms with Crippen LogP contribution in [0, 0.1) is 0 Å². The topological polar surface area (TPSA) is 56.2 Å². The van der Waals surface area contributed by atoms with Gasteiger partial charge in [-0.05, 0) is 29.7 Å². The number of hydrogen-bond acceptors (Lipinski definition) is 3. The summed E-state index contributed by atoms with van der Waals surface area (Å²) in [6.07, 6.45) is 2.60. The number of carbonyl (C=O) groups is 1. The Morgan fingerprint density at radius 2 is 1.65 bits per heavy atom. The number of rotatable bonds is 8. The Morgan fingerprint density at radius 1 is 0.935 bits per heavy atom. The number of amides is 1. The summed E-state index contributed by atoms with van der Waals surface area (Å²) >= 11 is 0. The van der Waals surface area contributed by atoms with Gasteiger partial charge in [-0.15, -0.1) is 0 Å². The normalized spacial score (nSPS) is 10.6. The molecule has 3 aromatic carbocycles. The Hall–Kier alpha value is -3.86. The summed E-state index contributed by atoms with van der Waals surface area (Å²) in [6.45, 7) is 1.15. The van der Waals surface area contributed by atoms with Gasteiger partial charge in [-0.2, -0.15) is 5.10 Å². The van der Waals surface area contributed by atoms with Crippen molar-refractivity contribution in [3.05, 3.63) is 108 Å². The van der Waals surface area contributed by atoms with E-state index >= 15 is 0 Å². The van der Waals surface area contributed by atoms with Crippen LogP contribution in [-0.2, 0) is 13.0 Å². The van der Waals surface area contributed by atoms with Crippen LogP contribution in [0.15, 0.2) is 91.1 Å². The largest absolute Gasteiger partial charge is 0.497 e. The lowest BCUT2D eigenvalue weighted by molar-refractivity contribution is 0.0954. The first-order chi connectivity index (χ1) is 15.2. The van der Waals surface area contributed by atoms with Gasteiger partial charge in [0.15, 0.2) is 0 Å². The maximum atomic E-state index is 13.1. The van der Waals surface area contributed by atoms with Crippen molar-refractivity contribution in [1.82, 2.24) is 15.1 Å². The molecule has 0 radical (unpaired) electrons. The van der Waals surface area contributed by atoms with Gasteiger partial charge < -0.3 is 10.1 Å². The summed E-state index contributed by atoms with van der Waals surface area (Å²) < 4.78 is 7.17. The molecule has 0 bridgehead atoms. The molecule has 0 saturated carbocycles. The zero-order valence-corrected chi connectivity index (χ0v) is 17.5. The smallest absolute Gasteiger partial charge is 0.255 e. The molecular weight excluding hydrogens is 386 g/mol. The predicted octanol–water partition coefficient (Wildman–Crippen LogP) is 4.58. The zero-order chi connectivity index (χ0) is 21.5. The van der Waals surface area contributed by atoms with E-state index in [1.807, 2.05) is 83.7 Å². The van der Waals surface area contributed by atoms with E-state index in [4.69, 9.17) is 9.84 Å². The summed E-state index contributed by atoms with van der Waals surface area (Å²) in [4.78, 5) is 13.1. The molecule has 5 nitrogen and oxygen atoms in total. The van der Waals surface area contributed by atoms with Crippen LogP contribution < -0.4 is 10.1 Å². The van der Waals surface area contributed by atoms with Crippen LogP contribution in [0.1, 0.15) is 21.5 Å². The van der Waals surface area contributed by atoms with Gasteiger partial charge in [0.25, 0.3) is 5.91 Å². The van der Waals surface area contributed by atoms with Crippen LogP contribution in [-0.4, -0.2) is 29.3 Å². The Morgan fingerprint density at radius 3 is 2.35 bits per heavy atom. The first kappa shape index (κ1) is 20.4. The summed E-state index contributed by atoms with van der Waals surface area (Å²) in [5.74, 6) is 0.596. The first-order valence-corrected chi connectivity index (χ1v) is 10.3. The van der Waals surface area contributed by atoms with Crippen molar-refractivity contribution in [2.45, 2.75) is 13.0 Å². The lowest BCUT2D eigenvalue weighted by Gasteiger charge is -2.07. The monoisotopic (exact) mass is 411 g/mol. The maximum Gasteiger partial charge on any atom is 0.255 e. The predicted molar refractivity (Wildman–Crippen MR) is 122 cm³/mol. The lowest BCUT2D eigenvalue weighted by atomic mass is 10.1. The van der Waals surface area contributed by atoms with E-state index in [1.165, 1.54) is 5.56 Å². The van der Waals surface area contributed by atoms with Gasteiger partial charge in [0.2, 0.25) is 0 Å². The van der Waals surface area contributed by atoms with Gasteiger partial charge in [-0.3, -0.25) is 9.48 Å². The van der Waals surface area contributed by atoms with Gasteiger partial charge >= 0.3 is 0 Å². The molecule has 5 heteroatoms. The minimum atomic E-state index is -0.131. The molecule has 0 fully saturated rings. The average molecular weight is 412 g/mol. The van der Waals surface area contributed by atoms with Crippen molar-refractivity contribution in [3.63, 3.8) is 0 Å². The zero-order valence-electron chi connectivity index (χ0n) is 17.5.